The summed E-state index contributed by atoms with van der Waals surface area (Å²) in [6, 6.07) is 0. The van der Waals surface area contributed by atoms with Crippen molar-refractivity contribution in [3.8, 4) is 0 Å². The van der Waals surface area contributed by atoms with Gasteiger partial charge in [0.1, 0.15) is 8.30 Å². The second kappa shape index (κ2) is 6.09. The van der Waals surface area contributed by atoms with E-state index in [4.69, 9.17) is 4.52 Å². The zero-order valence-electron chi connectivity index (χ0n) is 7.42. The van der Waals surface area contributed by atoms with Gasteiger partial charge in [0, 0.05) is 19.7 Å². The molecule has 0 saturated heterocycles. The van der Waals surface area contributed by atoms with E-state index < -0.39 is 0 Å². The van der Waals surface area contributed by atoms with Crippen LogP contribution >= 0.6 is 8.30 Å². The van der Waals surface area contributed by atoms with Gasteiger partial charge < -0.3 is 4.52 Å². The highest BCUT2D eigenvalue weighted by molar-refractivity contribution is 7.49. The number of hydrogen-bond acceptors (Lipinski definition) is 2. The number of hydrogen-bond donors (Lipinski definition) is 0. The van der Waals surface area contributed by atoms with Gasteiger partial charge in [-0.25, -0.2) is 0 Å². The minimum Gasteiger partial charge on any atom is -0.344 e. The lowest BCUT2D eigenvalue weighted by Crippen LogP contribution is -2.17. The van der Waals surface area contributed by atoms with Crippen LogP contribution in [0.25, 0.3) is 0 Å². The maximum absolute atomic E-state index is 5.48. The van der Waals surface area contributed by atoms with Gasteiger partial charge in [-0.1, -0.05) is 13.8 Å². The van der Waals surface area contributed by atoms with Crippen LogP contribution < -0.4 is 0 Å². The fourth-order valence-electron chi connectivity index (χ4n) is 0.890. The summed E-state index contributed by atoms with van der Waals surface area (Å²) in [6.07, 6.45) is 0. The first-order valence-electron chi connectivity index (χ1n) is 3.87. The average Bonchev–Trinajstić information content (AvgIpc) is 1.91. The average molecular weight is 163 g/mol. The molecule has 0 aromatic heterocycles. The van der Waals surface area contributed by atoms with Crippen molar-refractivity contribution in [1.29, 1.82) is 0 Å². The van der Waals surface area contributed by atoms with Gasteiger partial charge in [0.15, 0.2) is 0 Å². The van der Waals surface area contributed by atoms with E-state index >= 15 is 0 Å². The Hall–Kier alpha value is 0.350. The van der Waals surface area contributed by atoms with Crippen molar-refractivity contribution in [3.05, 3.63) is 0 Å². The standard InChI is InChI=1S/C7H18NOP/c1-5-8(6-2)10(4)9-7-3/h5-7H2,1-4H3. The molecule has 0 rings (SSSR count). The Labute approximate surface area is 65.4 Å². The third-order valence-electron chi connectivity index (χ3n) is 1.44. The van der Waals surface area contributed by atoms with Crippen LogP contribution in [0.2, 0.25) is 0 Å². The highest BCUT2D eigenvalue weighted by Gasteiger charge is 2.08. The van der Waals surface area contributed by atoms with Gasteiger partial charge in [0.05, 0.1) is 0 Å². The summed E-state index contributed by atoms with van der Waals surface area (Å²) in [5.41, 5.74) is 0. The quantitative estimate of drug-likeness (QED) is 0.576. The predicted molar refractivity (Wildman–Crippen MR) is 47.4 cm³/mol. The summed E-state index contributed by atoms with van der Waals surface area (Å²) in [4.78, 5) is 0. The molecule has 10 heavy (non-hydrogen) atoms. The third kappa shape index (κ3) is 3.50. The Morgan fingerprint density at radius 1 is 1.20 bits per heavy atom. The zero-order chi connectivity index (χ0) is 7.98. The molecule has 3 heteroatoms. The molecule has 0 aromatic carbocycles. The molecule has 0 aliphatic heterocycles. The van der Waals surface area contributed by atoms with E-state index in [1.165, 1.54) is 0 Å². The lowest BCUT2D eigenvalue weighted by Gasteiger charge is -2.24. The van der Waals surface area contributed by atoms with E-state index in [2.05, 4.69) is 25.2 Å². The molecule has 0 saturated carbocycles. The van der Waals surface area contributed by atoms with Gasteiger partial charge in [-0.2, -0.15) is 0 Å². The SMILES string of the molecule is CCOP(C)N(CC)CC. The molecule has 0 spiro atoms. The van der Waals surface area contributed by atoms with Gasteiger partial charge in [-0.15, -0.1) is 0 Å². The Morgan fingerprint density at radius 3 is 2.00 bits per heavy atom. The molecule has 0 aromatic rings. The smallest absolute Gasteiger partial charge is 0.101 e. The van der Waals surface area contributed by atoms with E-state index in [1.54, 1.807) is 0 Å². The molecule has 0 bridgehead atoms. The second-order valence-corrected chi connectivity index (χ2v) is 3.77. The first-order chi connectivity index (χ1) is 4.76. The summed E-state index contributed by atoms with van der Waals surface area (Å²) in [6.45, 7) is 11.6. The van der Waals surface area contributed by atoms with Crippen LogP contribution in [0, 0.1) is 0 Å². The van der Waals surface area contributed by atoms with Crippen molar-refractivity contribution < 1.29 is 4.52 Å². The molecule has 0 amide bonds. The van der Waals surface area contributed by atoms with Crippen LogP contribution in [0.3, 0.4) is 0 Å². The van der Waals surface area contributed by atoms with Crippen LogP contribution in [0.1, 0.15) is 20.8 Å². The molecule has 0 radical (unpaired) electrons. The minimum atomic E-state index is -0.311. The largest absolute Gasteiger partial charge is 0.344 e. The van der Waals surface area contributed by atoms with E-state index in [0.717, 1.165) is 19.7 Å². The van der Waals surface area contributed by atoms with Crippen LogP contribution in [-0.2, 0) is 4.52 Å². The molecule has 0 fully saturated rings. The van der Waals surface area contributed by atoms with E-state index in [1.807, 2.05) is 6.92 Å². The fourth-order valence-corrected chi connectivity index (χ4v) is 2.22. The van der Waals surface area contributed by atoms with E-state index in [9.17, 15) is 0 Å². The lowest BCUT2D eigenvalue weighted by molar-refractivity contribution is 0.333. The highest BCUT2D eigenvalue weighted by Crippen LogP contribution is 2.35. The molecule has 0 heterocycles. The Kier molecular flexibility index (Phi) is 6.30. The van der Waals surface area contributed by atoms with Crippen molar-refractivity contribution in [1.82, 2.24) is 4.67 Å². The molecule has 1 unspecified atom stereocenters. The molecule has 2 nitrogen and oxygen atoms in total. The third-order valence-corrected chi connectivity index (χ3v) is 3.44. The topological polar surface area (TPSA) is 12.5 Å². The zero-order valence-corrected chi connectivity index (χ0v) is 8.32. The maximum Gasteiger partial charge on any atom is 0.101 e. The highest BCUT2D eigenvalue weighted by atomic mass is 31.2. The fraction of sp³-hybridized carbons (Fsp3) is 1.00. The van der Waals surface area contributed by atoms with Crippen molar-refractivity contribution in [2.24, 2.45) is 0 Å². The molecule has 0 aliphatic carbocycles. The number of rotatable bonds is 5. The van der Waals surface area contributed by atoms with Crippen LogP contribution in [0.4, 0.5) is 0 Å². The summed E-state index contributed by atoms with van der Waals surface area (Å²) < 4.78 is 7.82. The predicted octanol–water partition coefficient (Wildman–Crippen LogP) is 2.31. The van der Waals surface area contributed by atoms with Gasteiger partial charge in [-0.3, -0.25) is 4.67 Å². The Morgan fingerprint density at radius 2 is 1.70 bits per heavy atom. The Bertz CT molecular complexity index is 76.0. The number of nitrogens with zero attached hydrogens (tertiary/aromatic N) is 1. The molecule has 0 N–H and O–H groups in total. The lowest BCUT2D eigenvalue weighted by atomic mass is 10.7. The van der Waals surface area contributed by atoms with Crippen molar-refractivity contribution in [3.63, 3.8) is 0 Å². The van der Waals surface area contributed by atoms with Crippen LogP contribution in [-0.4, -0.2) is 31.0 Å². The van der Waals surface area contributed by atoms with Gasteiger partial charge >= 0.3 is 0 Å². The van der Waals surface area contributed by atoms with Gasteiger partial charge in [-0.05, 0) is 13.6 Å². The molecular weight excluding hydrogens is 145 g/mol. The molecule has 1 atom stereocenters. The van der Waals surface area contributed by atoms with Gasteiger partial charge in [0.25, 0.3) is 0 Å². The summed E-state index contributed by atoms with van der Waals surface area (Å²) in [7, 11) is -0.311. The first kappa shape index (κ1) is 10.3. The van der Waals surface area contributed by atoms with Crippen molar-refractivity contribution in [2.75, 3.05) is 26.4 Å². The van der Waals surface area contributed by atoms with Gasteiger partial charge in [0.2, 0.25) is 0 Å². The van der Waals surface area contributed by atoms with Crippen LogP contribution in [0.15, 0.2) is 0 Å². The van der Waals surface area contributed by atoms with Crippen molar-refractivity contribution in [2.45, 2.75) is 20.8 Å². The summed E-state index contributed by atoms with van der Waals surface area (Å²) in [5, 5.41) is 0. The summed E-state index contributed by atoms with van der Waals surface area (Å²) >= 11 is 0. The molecular formula is C7H18NOP. The first-order valence-corrected chi connectivity index (χ1v) is 5.53. The maximum atomic E-state index is 5.48. The molecule has 62 valence electrons. The van der Waals surface area contributed by atoms with Crippen molar-refractivity contribution >= 4 is 8.30 Å². The molecule has 0 aliphatic rings. The normalized spacial score (nSPS) is 14.1. The Balaban J connectivity index is 3.53. The summed E-state index contributed by atoms with van der Waals surface area (Å²) in [5.74, 6) is 0. The minimum absolute atomic E-state index is 0.311. The monoisotopic (exact) mass is 163 g/mol. The van der Waals surface area contributed by atoms with E-state index in [-0.39, 0.29) is 8.30 Å². The second-order valence-electron chi connectivity index (χ2n) is 2.02. The van der Waals surface area contributed by atoms with E-state index in [0.29, 0.717) is 0 Å². The van der Waals surface area contributed by atoms with Crippen LogP contribution in [0.5, 0.6) is 0 Å².